The molecule has 0 bridgehead atoms. The van der Waals surface area contributed by atoms with Crippen LogP contribution in [0.5, 0.6) is 0 Å². The van der Waals surface area contributed by atoms with Crippen LogP contribution in [-0.4, -0.2) is 81.3 Å². The number of carbonyl (C=O) groups is 1. The number of likely N-dealkylation sites (N-methyl/N-ethyl adjacent to an activating group) is 1. The monoisotopic (exact) mass is 388 g/mol. The molecule has 1 aromatic carbocycles. The van der Waals surface area contributed by atoms with Crippen molar-refractivity contribution in [2.45, 2.75) is 26.4 Å². The van der Waals surface area contributed by atoms with Gasteiger partial charge in [0.1, 0.15) is 0 Å². The summed E-state index contributed by atoms with van der Waals surface area (Å²) in [6.07, 6.45) is 3.28. The van der Waals surface area contributed by atoms with Crippen molar-refractivity contribution in [3.8, 4) is 0 Å². The predicted octanol–water partition coefficient (Wildman–Crippen LogP) is 2.68. The van der Waals surface area contributed by atoms with E-state index in [4.69, 9.17) is 4.74 Å². The van der Waals surface area contributed by atoms with Crippen molar-refractivity contribution in [1.82, 2.24) is 9.80 Å². The second-order valence-corrected chi connectivity index (χ2v) is 8.50. The van der Waals surface area contributed by atoms with Crippen molar-refractivity contribution >= 4 is 17.3 Å². The summed E-state index contributed by atoms with van der Waals surface area (Å²) in [7, 11) is 4.23. The van der Waals surface area contributed by atoms with Gasteiger partial charge in [-0.3, -0.25) is 9.69 Å². The van der Waals surface area contributed by atoms with E-state index in [1.54, 1.807) is 6.08 Å². The molecule has 156 valence electrons. The number of rotatable bonds is 8. The average molecular weight is 389 g/mol. The maximum absolute atomic E-state index is 12.1. The first-order chi connectivity index (χ1) is 13.2. The lowest BCUT2D eigenvalue weighted by Crippen LogP contribution is -2.48. The van der Waals surface area contributed by atoms with E-state index in [1.165, 1.54) is 6.08 Å². The van der Waals surface area contributed by atoms with Crippen LogP contribution < -0.4 is 10.2 Å². The molecule has 0 saturated carbocycles. The average Bonchev–Trinajstić information content (AvgIpc) is 2.63. The third-order valence-corrected chi connectivity index (χ3v) is 4.60. The van der Waals surface area contributed by atoms with E-state index < -0.39 is 0 Å². The lowest BCUT2D eigenvalue weighted by atomic mass is 10.2. The van der Waals surface area contributed by atoms with Crippen LogP contribution >= 0.6 is 0 Å². The van der Waals surface area contributed by atoms with Gasteiger partial charge in [0.2, 0.25) is 5.91 Å². The molecule has 0 aliphatic carbocycles. The number of piperazine rings is 1. The number of nitrogens with one attached hydrogen (secondary N) is 1. The molecular weight excluding hydrogens is 352 g/mol. The van der Waals surface area contributed by atoms with E-state index in [9.17, 15) is 4.79 Å². The van der Waals surface area contributed by atoms with Crippen LogP contribution in [-0.2, 0) is 9.53 Å². The van der Waals surface area contributed by atoms with Crippen LogP contribution in [0, 0.1) is 0 Å². The third kappa shape index (κ3) is 8.42. The first-order valence-corrected chi connectivity index (χ1v) is 10.1. The molecule has 1 fully saturated rings. The molecule has 1 heterocycles. The first kappa shape index (κ1) is 22.4. The Labute approximate surface area is 170 Å². The highest BCUT2D eigenvalue weighted by atomic mass is 16.5. The number of benzene rings is 1. The zero-order chi connectivity index (χ0) is 20.6. The second-order valence-electron chi connectivity index (χ2n) is 8.50. The minimum Gasteiger partial charge on any atom is -0.372 e. The Morgan fingerprint density at radius 3 is 2.57 bits per heavy atom. The molecule has 0 aromatic heterocycles. The van der Waals surface area contributed by atoms with Gasteiger partial charge in [0.05, 0.1) is 12.2 Å². The fourth-order valence-corrected chi connectivity index (χ4v) is 2.99. The Morgan fingerprint density at radius 2 is 1.93 bits per heavy atom. The molecule has 0 radical (unpaired) electrons. The topological polar surface area (TPSA) is 48.0 Å². The zero-order valence-electron chi connectivity index (χ0n) is 18.1. The normalized spacial score (nSPS) is 16.1. The van der Waals surface area contributed by atoms with Gasteiger partial charge in [0.15, 0.2) is 0 Å². The standard InChI is InChI=1S/C22H36N4O2/c1-22(2,3)28-17-7-10-21(27)23-19-8-6-9-20(18-19)26-15-13-25(14-16-26)12-11-24(4)5/h6-10,18H,11-17H2,1-5H3,(H,23,27)/b10-7+. The molecule has 0 spiro atoms. The molecule has 0 atom stereocenters. The first-order valence-electron chi connectivity index (χ1n) is 10.1. The lowest BCUT2D eigenvalue weighted by Gasteiger charge is -2.36. The third-order valence-electron chi connectivity index (χ3n) is 4.60. The fraction of sp³-hybridized carbons (Fsp3) is 0.591. The van der Waals surface area contributed by atoms with Crippen molar-refractivity contribution in [3.63, 3.8) is 0 Å². The quantitative estimate of drug-likeness (QED) is 0.694. The SMILES string of the molecule is CN(C)CCN1CCN(c2cccc(NC(=O)/C=C/COC(C)(C)C)c2)CC1. The predicted molar refractivity (Wildman–Crippen MR) is 117 cm³/mol. The Kier molecular flexibility index (Phi) is 8.48. The van der Waals surface area contributed by atoms with Gasteiger partial charge in [-0.25, -0.2) is 0 Å². The maximum atomic E-state index is 12.1. The Morgan fingerprint density at radius 1 is 1.21 bits per heavy atom. The zero-order valence-corrected chi connectivity index (χ0v) is 18.1. The molecule has 1 aliphatic rings. The number of anilines is 2. The van der Waals surface area contributed by atoms with Gasteiger partial charge in [0, 0.05) is 56.7 Å². The van der Waals surface area contributed by atoms with Crippen molar-refractivity contribution in [2.75, 3.05) is 70.2 Å². The molecule has 1 N–H and O–H groups in total. The molecule has 1 aromatic rings. The van der Waals surface area contributed by atoms with Crippen molar-refractivity contribution < 1.29 is 9.53 Å². The van der Waals surface area contributed by atoms with E-state index in [-0.39, 0.29) is 11.5 Å². The van der Waals surface area contributed by atoms with Gasteiger partial charge in [-0.15, -0.1) is 0 Å². The second kappa shape index (κ2) is 10.6. The summed E-state index contributed by atoms with van der Waals surface area (Å²) in [5.41, 5.74) is 1.77. The minimum atomic E-state index is -0.203. The number of carbonyl (C=O) groups excluding carboxylic acids is 1. The largest absolute Gasteiger partial charge is 0.372 e. The highest BCUT2D eigenvalue weighted by Gasteiger charge is 2.17. The van der Waals surface area contributed by atoms with Crippen LogP contribution in [0.2, 0.25) is 0 Å². The van der Waals surface area contributed by atoms with Gasteiger partial charge in [-0.2, -0.15) is 0 Å². The van der Waals surface area contributed by atoms with Crippen LogP contribution in [0.4, 0.5) is 11.4 Å². The smallest absolute Gasteiger partial charge is 0.248 e. The van der Waals surface area contributed by atoms with Gasteiger partial charge >= 0.3 is 0 Å². The van der Waals surface area contributed by atoms with E-state index in [2.05, 4.69) is 40.2 Å². The number of amides is 1. The van der Waals surface area contributed by atoms with Crippen molar-refractivity contribution in [3.05, 3.63) is 36.4 Å². The van der Waals surface area contributed by atoms with Gasteiger partial charge in [-0.1, -0.05) is 12.1 Å². The number of hydrogen-bond donors (Lipinski definition) is 1. The Hall–Kier alpha value is -1.89. The summed E-state index contributed by atoms with van der Waals surface area (Å²) in [6.45, 7) is 12.8. The van der Waals surface area contributed by atoms with Crippen molar-refractivity contribution in [2.24, 2.45) is 0 Å². The molecule has 2 rings (SSSR count). The summed E-state index contributed by atoms with van der Waals surface area (Å²) in [5, 5.41) is 2.94. The van der Waals surface area contributed by atoms with E-state index in [0.29, 0.717) is 6.61 Å². The van der Waals surface area contributed by atoms with E-state index in [0.717, 1.165) is 50.6 Å². The van der Waals surface area contributed by atoms with Gasteiger partial charge in [-0.05, 0) is 53.1 Å². The number of hydrogen-bond acceptors (Lipinski definition) is 5. The maximum Gasteiger partial charge on any atom is 0.248 e. The Balaban J connectivity index is 1.82. The fourth-order valence-electron chi connectivity index (χ4n) is 2.99. The van der Waals surface area contributed by atoms with E-state index in [1.807, 2.05) is 39.0 Å². The molecule has 1 saturated heterocycles. The minimum absolute atomic E-state index is 0.136. The summed E-state index contributed by atoms with van der Waals surface area (Å²) in [5.74, 6) is -0.136. The molecular formula is C22H36N4O2. The molecule has 0 unspecified atom stereocenters. The molecule has 1 amide bonds. The highest BCUT2D eigenvalue weighted by Crippen LogP contribution is 2.21. The Bertz CT molecular complexity index is 644. The molecule has 6 nitrogen and oxygen atoms in total. The summed E-state index contributed by atoms with van der Waals surface area (Å²) in [6, 6.07) is 8.08. The van der Waals surface area contributed by atoms with Crippen LogP contribution in [0.1, 0.15) is 20.8 Å². The van der Waals surface area contributed by atoms with Gasteiger partial charge in [0.25, 0.3) is 0 Å². The number of ether oxygens (including phenoxy) is 1. The van der Waals surface area contributed by atoms with Gasteiger partial charge < -0.3 is 19.9 Å². The molecule has 6 heteroatoms. The van der Waals surface area contributed by atoms with Crippen molar-refractivity contribution in [1.29, 1.82) is 0 Å². The van der Waals surface area contributed by atoms with Crippen LogP contribution in [0.3, 0.4) is 0 Å². The summed E-state index contributed by atoms with van der Waals surface area (Å²) >= 11 is 0. The van der Waals surface area contributed by atoms with Crippen LogP contribution in [0.15, 0.2) is 36.4 Å². The molecule has 1 aliphatic heterocycles. The number of nitrogens with zero attached hydrogens (tertiary/aromatic N) is 3. The summed E-state index contributed by atoms with van der Waals surface area (Å²) < 4.78 is 5.59. The lowest BCUT2D eigenvalue weighted by molar-refractivity contribution is -0.112. The molecule has 28 heavy (non-hydrogen) atoms. The summed E-state index contributed by atoms with van der Waals surface area (Å²) in [4.78, 5) is 19.2. The highest BCUT2D eigenvalue weighted by molar-refractivity contribution is 5.99. The van der Waals surface area contributed by atoms with E-state index >= 15 is 0 Å². The van der Waals surface area contributed by atoms with Crippen LogP contribution in [0.25, 0.3) is 0 Å².